The molecule has 0 saturated carbocycles. The van der Waals surface area contributed by atoms with Gasteiger partial charge in [-0.2, -0.15) is 0 Å². The standard InChI is InChI=1S/C26H35NO/c1-3-5-7-9-22-10-8-11-23-15-17-24(27-26(22)23)16-12-21-13-18-25(19-14-21)28-20-6-4-2/h11-19,22,26H,3-10,20H2,1-2H3. The van der Waals surface area contributed by atoms with Gasteiger partial charge in [-0.3, -0.25) is 4.99 Å². The second-order valence-corrected chi connectivity index (χ2v) is 7.97. The highest BCUT2D eigenvalue weighted by Crippen LogP contribution is 2.34. The highest BCUT2D eigenvalue weighted by molar-refractivity contribution is 6.07. The van der Waals surface area contributed by atoms with E-state index >= 15 is 0 Å². The van der Waals surface area contributed by atoms with E-state index in [0.717, 1.165) is 30.9 Å². The third kappa shape index (κ3) is 5.95. The lowest BCUT2D eigenvalue weighted by atomic mass is 9.80. The molecule has 2 nitrogen and oxygen atoms in total. The van der Waals surface area contributed by atoms with Gasteiger partial charge in [0.2, 0.25) is 0 Å². The first-order chi connectivity index (χ1) is 13.8. The van der Waals surface area contributed by atoms with Crippen LogP contribution in [0, 0.1) is 5.92 Å². The molecule has 0 N–H and O–H groups in total. The van der Waals surface area contributed by atoms with Crippen LogP contribution in [0.1, 0.15) is 70.8 Å². The van der Waals surface area contributed by atoms with Crippen LogP contribution in [0.5, 0.6) is 5.75 Å². The van der Waals surface area contributed by atoms with Gasteiger partial charge in [0.05, 0.1) is 18.4 Å². The molecule has 2 unspecified atom stereocenters. The zero-order valence-electron chi connectivity index (χ0n) is 17.6. The number of allylic oxidation sites excluding steroid dienone is 3. The van der Waals surface area contributed by atoms with Gasteiger partial charge in [0.15, 0.2) is 0 Å². The Balaban J connectivity index is 1.61. The van der Waals surface area contributed by atoms with Crippen LogP contribution in [0.2, 0.25) is 0 Å². The second kappa shape index (κ2) is 11.0. The predicted molar refractivity (Wildman–Crippen MR) is 121 cm³/mol. The van der Waals surface area contributed by atoms with Crippen molar-refractivity contribution in [2.45, 2.75) is 71.3 Å². The quantitative estimate of drug-likeness (QED) is 0.396. The van der Waals surface area contributed by atoms with E-state index in [1.807, 2.05) is 0 Å². The summed E-state index contributed by atoms with van der Waals surface area (Å²) in [4.78, 5) is 5.10. The van der Waals surface area contributed by atoms with Crippen molar-refractivity contribution in [3.8, 4) is 5.75 Å². The third-order valence-electron chi connectivity index (χ3n) is 5.71. The molecular weight excluding hydrogens is 342 g/mol. The molecule has 150 valence electrons. The van der Waals surface area contributed by atoms with Crippen molar-refractivity contribution in [3.05, 3.63) is 59.7 Å². The van der Waals surface area contributed by atoms with Crippen LogP contribution in [-0.4, -0.2) is 18.4 Å². The minimum atomic E-state index is 0.365. The van der Waals surface area contributed by atoms with E-state index in [1.54, 1.807) is 0 Å². The van der Waals surface area contributed by atoms with Crippen LogP contribution < -0.4 is 4.74 Å². The third-order valence-corrected chi connectivity index (χ3v) is 5.71. The van der Waals surface area contributed by atoms with Crippen molar-refractivity contribution in [3.63, 3.8) is 0 Å². The predicted octanol–water partition coefficient (Wildman–Crippen LogP) is 7.17. The number of aliphatic imine (C=N–C) groups is 1. The Morgan fingerprint density at radius 1 is 1.00 bits per heavy atom. The molecular formula is C26H35NO. The number of hydrogen-bond donors (Lipinski definition) is 0. The molecule has 0 saturated heterocycles. The van der Waals surface area contributed by atoms with E-state index in [4.69, 9.17) is 9.73 Å². The molecule has 0 bridgehead atoms. The Kier molecular flexibility index (Phi) is 8.14. The summed E-state index contributed by atoms with van der Waals surface area (Å²) in [5, 5.41) is 0. The fraction of sp³-hybridized carbons (Fsp3) is 0.500. The summed E-state index contributed by atoms with van der Waals surface area (Å²) >= 11 is 0. The summed E-state index contributed by atoms with van der Waals surface area (Å²) in [5.41, 5.74) is 3.70. The molecule has 2 atom stereocenters. The maximum absolute atomic E-state index is 5.74. The second-order valence-electron chi connectivity index (χ2n) is 7.97. The summed E-state index contributed by atoms with van der Waals surface area (Å²) in [6, 6.07) is 8.71. The molecule has 1 aliphatic heterocycles. The monoisotopic (exact) mass is 377 g/mol. The number of dihydropyridines is 1. The van der Waals surface area contributed by atoms with Crippen LogP contribution in [0.15, 0.2) is 59.1 Å². The van der Waals surface area contributed by atoms with Gasteiger partial charge in [-0.1, -0.05) is 69.9 Å². The Hall–Kier alpha value is -2.09. The van der Waals surface area contributed by atoms with Crippen LogP contribution in [0.25, 0.3) is 6.08 Å². The van der Waals surface area contributed by atoms with Crippen LogP contribution in [0.3, 0.4) is 0 Å². The molecule has 1 aromatic carbocycles. The topological polar surface area (TPSA) is 21.6 Å². The van der Waals surface area contributed by atoms with E-state index < -0.39 is 0 Å². The van der Waals surface area contributed by atoms with Crippen LogP contribution in [-0.2, 0) is 0 Å². The molecule has 0 aromatic heterocycles. The Labute approximate surface area is 171 Å². The molecule has 28 heavy (non-hydrogen) atoms. The Morgan fingerprint density at radius 2 is 1.82 bits per heavy atom. The number of fused-ring (bicyclic) bond motifs is 1. The first-order valence-corrected chi connectivity index (χ1v) is 11.2. The van der Waals surface area contributed by atoms with Gasteiger partial charge in [0.1, 0.15) is 5.75 Å². The van der Waals surface area contributed by atoms with Gasteiger partial charge < -0.3 is 4.74 Å². The van der Waals surface area contributed by atoms with Crippen molar-refractivity contribution in [1.82, 2.24) is 0 Å². The summed E-state index contributed by atoms with van der Waals surface area (Å²) in [6.07, 6.45) is 21.2. The van der Waals surface area contributed by atoms with Gasteiger partial charge in [-0.05, 0) is 67.0 Å². The summed E-state index contributed by atoms with van der Waals surface area (Å²) < 4.78 is 5.74. The van der Waals surface area contributed by atoms with E-state index in [-0.39, 0.29) is 0 Å². The summed E-state index contributed by atoms with van der Waals surface area (Å²) in [5.74, 6) is 1.66. The van der Waals surface area contributed by atoms with Crippen molar-refractivity contribution in [2.75, 3.05) is 6.61 Å². The Bertz CT molecular complexity index is 723. The molecule has 0 fully saturated rings. The number of nitrogens with zero attached hydrogens (tertiary/aromatic N) is 1. The number of benzene rings is 1. The van der Waals surface area contributed by atoms with Gasteiger partial charge in [-0.25, -0.2) is 0 Å². The summed E-state index contributed by atoms with van der Waals surface area (Å²) in [7, 11) is 0. The van der Waals surface area contributed by atoms with Crippen molar-refractivity contribution < 1.29 is 4.74 Å². The van der Waals surface area contributed by atoms with Crippen molar-refractivity contribution >= 4 is 11.8 Å². The normalized spacial score (nSPS) is 21.4. The number of rotatable bonds is 10. The SMILES string of the molecule is CCCCCC1CCC=C2C=CC(C=Cc3ccc(OCCCC)cc3)=NC21. The fourth-order valence-electron chi connectivity index (χ4n) is 4.00. The van der Waals surface area contributed by atoms with Crippen molar-refractivity contribution in [2.24, 2.45) is 10.9 Å². The molecule has 0 amide bonds. The van der Waals surface area contributed by atoms with Gasteiger partial charge in [0.25, 0.3) is 0 Å². The maximum Gasteiger partial charge on any atom is 0.119 e. The van der Waals surface area contributed by atoms with Gasteiger partial charge >= 0.3 is 0 Å². The molecule has 1 aromatic rings. The highest BCUT2D eigenvalue weighted by Gasteiger charge is 2.27. The minimum absolute atomic E-state index is 0.365. The molecule has 1 heterocycles. The zero-order valence-corrected chi connectivity index (χ0v) is 17.6. The van der Waals surface area contributed by atoms with E-state index in [9.17, 15) is 0 Å². The fourth-order valence-corrected chi connectivity index (χ4v) is 4.00. The van der Waals surface area contributed by atoms with E-state index in [0.29, 0.717) is 12.0 Å². The number of hydrogen-bond acceptors (Lipinski definition) is 2. The average molecular weight is 378 g/mol. The summed E-state index contributed by atoms with van der Waals surface area (Å²) in [6.45, 7) is 5.25. The Morgan fingerprint density at radius 3 is 2.61 bits per heavy atom. The van der Waals surface area contributed by atoms with Crippen LogP contribution in [0.4, 0.5) is 0 Å². The van der Waals surface area contributed by atoms with Crippen LogP contribution >= 0.6 is 0 Å². The first kappa shape index (κ1) is 20.6. The number of ether oxygens (including phenoxy) is 1. The molecule has 1 aliphatic carbocycles. The smallest absolute Gasteiger partial charge is 0.119 e. The molecule has 3 rings (SSSR count). The lowest BCUT2D eigenvalue weighted by Crippen LogP contribution is -2.26. The van der Waals surface area contributed by atoms with Gasteiger partial charge in [-0.15, -0.1) is 0 Å². The van der Waals surface area contributed by atoms with E-state index in [1.165, 1.54) is 49.7 Å². The first-order valence-electron chi connectivity index (χ1n) is 11.2. The lowest BCUT2D eigenvalue weighted by Gasteiger charge is -2.31. The minimum Gasteiger partial charge on any atom is -0.494 e. The molecule has 2 aliphatic rings. The largest absolute Gasteiger partial charge is 0.494 e. The lowest BCUT2D eigenvalue weighted by molar-refractivity contribution is 0.309. The number of unbranched alkanes of at least 4 members (excludes halogenated alkanes) is 3. The highest BCUT2D eigenvalue weighted by atomic mass is 16.5. The molecule has 0 radical (unpaired) electrons. The van der Waals surface area contributed by atoms with Crippen molar-refractivity contribution in [1.29, 1.82) is 0 Å². The van der Waals surface area contributed by atoms with E-state index in [2.05, 4.69) is 68.5 Å². The average Bonchev–Trinajstić information content (AvgIpc) is 2.74. The maximum atomic E-state index is 5.74. The zero-order chi connectivity index (χ0) is 19.6. The molecule has 2 heteroatoms. The van der Waals surface area contributed by atoms with Gasteiger partial charge in [0, 0.05) is 0 Å². The molecule has 0 spiro atoms.